The van der Waals surface area contributed by atoms with Crippen LogP contribution in [0.1, 0.15) is 11.1 Å². The van der Waals surface area contributed by atoms with E-state index in [1.807, 2.05) is 49.6 Å². The number of ether oxygens (including phenoxy) is 1. The molecule has 0 unspecified atom stereocenters. The highest BCUT2D eigenvalue weighted by Crippen LogP contribution is 2.21. The second-order valence-electron chi connectivity index (χ2n) is 4.77. The molecule has 4 nitrogen and oxygen atoms in total. The van der Waals surface area contributed by atoms with E-state index in [-0.39, 0.29) is 12.5 Å². The smallest absolute Gasteiger partial charge is 0.277 e. The minimum atomic E-state index is -0.303. The number of hydrazone groups is 1. The quantitative estimate of drug-likeness (QED) is 0.459. The molecule has 0 saturated carbocycles. The number of carbonyl (C=O) groups is 1. The van der Waals surface area contributed by atoms with E-state index in [1.54, 1.807) is 24.0 Å². The summed E-state index contributed by atoms with van der Waals surface area (Å²) in [5.41, 5.74) is 4.42. The number of amides is 1. The van der Waals surface area contributed by atoms with Crippen LogP contribution in [0.25, 0.3) is 0 Å². The van der Waals surface area contributed by atoms with Gasteiger partial charge in [-0.2, -0.15) is 5.10 Å². The highest BCUT2D eigenvalue weighted by molar-refractivity contribution is 9.10. The van der Waals surface area contributed by atoms with Gasteiger partial charge in [-0.25, -0.2) is 5.43 Å². The van der Waals surface area contributed by atoms with Gasteiger partial charge < -0.3 is 4.74 Å². The van der Waals surface area contributed by atoms with Crippen LogP contribution in [-0.4, -0.2) is 25.0 Å². The summed E-state index contributed by atoms with van der Waals surface area (Å²) in [6.45, 7) is 1.88. The molecule has 0 aliphatic carbocycles. The van der Waals surface area contributed by atoms with Crippen LogP contribution < -0.4 is 10.2 Å². The molecule has 120 valence electrons. The summed E-state index contributed by atoms with van der Waals surface area (Å²) in [7, 11) is 0. The van der Waals surface area contributed by atoms with Crippen LogP contribution in [0.3, 0.4) is 0 Å². The van der Waals surface area contributed by atoms with E-state index in [0.717, 1.165) is 15.6 Å². The zero-order valence-electron chi connectivity index (χ0n) is 12.9. The fraction of sp³-hybridized carbons (Fsp3) is 0.176. The van der Waals surface area contributed by atoms with E-state index < -0.39 is 0 Å². The van der Waals surface area contributed by atoms with Crippen LogP contribution in [0.2, 0.25) is 0 Å². The highest BCUT2D eigenvalue weighted by Gasteiger charge is 2.03. The van der Waals surface area contributed by atoms with Crippen LogP contribution in [0, 0.1) is 6.92 Å². The van der Waals surface area contributed by atoms with E-state index in [1.165, 1.54) is 4.90 Å². The predicted octanol–water partition coefficient (Wildman–Crippen LogP) is 4.01. The van der Waals surface area contributed by atoms with Gasteiger partial charge in [0.25, 0.3) is 5.91 Å². The van der Waals surface area contributed by atoms with E-state index in [4.69, 9.17) is 4.74 Å². The molecular weight excluding hydrogens is 376 g/mol. The standard InChI is InChI=1S/C17H17BrN2O2S/c1-12-9-14(5-8-16(12)18)22-11-17(21)20-19-10-13-3-6-15(23-2)7-4-13/h3-10H,11H2,1-2H3,(H,20,21)/b19-10+. The molecule has 0 radical (unpaired) electrons. The molecule has 0 atom stereocenters. The molecule has 0 fully saturated rings. The minimum absolute atomic E-state index is 0.0795. The first-order valence-corrected chi connectivity index (χ1v) is 8.95. The van der Waals surface area contributed by atoms with Crippen molar-refractivity contribution < 1.29 is 9.53 Å². The summed E-state index contributed by atoms with van der Waals surface area (Å²) in [4.78, 5) is 12.9. The lowest BCUT2D eigenvalue weighted by atomic mass is 10.2. The second kappa shape index (κ2) is 8.74. The van der Waals surface area contributed by atoms with Crippen LogP contribution in [-0.2, 0) is 4.79 Å². The summed E-state index contributed by atoms with van der Waals surface area (Å²) < 4.78 is 6.43. The number of aryl methyl sites for hydroxylation is 1. The number of carbonyl (C=O) groups excluding carboxylic acids is 1. The number of hydrogen-bond donors (Lipinski definition) is 1. The Labute approximate surface area is 148 Å². The molecule has 1 amide bonds. The average Bonchev–Trinajstić information content (AvgIpc) is 2.56. The zero-order chi connectivity index (χ0) is 16.7. The topological polar surface area (TPSA) is 50.7 Å². The van der Waals surface area contributed by atoms with Gasteiger partial charge in [-0.1, -0.05) is 28.1 Å². The number of nitrogens with zero attached hydrogens (tertiary/aromatic N) is 1. The third kappa shape index (κ3) is 5.73. The van der Waals surface area contributed by atoms with Gasteiger partial charge in [0.15, 0.2) is 6.61 Å². The maximum Gasteiger partial charge on any atom is 0.277 e. The minimum Gasteiger partial charge on any atom is -0.484 e. The summed E-state index contributed by atoms with van der Waals surface area (Å²) in [6.07, 6.45) is 3.63. The molecule has 2 aromatic rings. The van der Waals surface area contributed by atoms with Crippen LogP contribution >= 0.6 is 27.7 Å². The van der Waals surface area contributed by atoms with E-state index in [0.29, 0.717) is 5.75 Å². The summed E-state index contributed by atoms with van der Waals surface area (Å²) in [5, 5.41) is 3.92. The van der Waals surface area contributed by atoms with Gasteiger partial charge in [-0.3, -0.25) is 4.79 Å². The molecule has 2 aromatic carbocycles. The predicted molar refractivity (Wildman–Crippen MR) is 98.3 cm³/mol. The Bertz CT molecular complexity index is 702. The first-order valence-electron chi connectivity index (χ1n) is 6.93. The van der Waals surface area contributed by atoms with Gasteiger partial charge >= 0.3 is 0 Å². The first kappa shape index (κ1) is 17.6. The first-order chi connectivity index (χ1) is 11.1. The normalized spacial score (nSPS) is 10.7. The molecular formula is C17H17BrN2O2S. The molecule has 0 aliphatic rings. The largest absolute Gasteiger partial charge is 0.484 e. The van der Waals surface area contributed by atoms with Crippen molar-refractivity contribution in [3.05, 3.63) is 58.1 Å². The average molecular weight is 393 g/mol. The third-order valence-corrected chi connectivity index (χ3v) is 4.65. The van der Waals surface area contributed by atoms with Crippen molar-refractivity contribution in [2.75, 3.05) is 12.9 Å². The van der Waals surface area contributed by atoms with Gasteiger partial charge in [0.05, 0.1) is 6.21 Å². The van der Waals surface area contributed by atoms with Gasteiger partial charge in [0.1, 0.15) is 5.75 Å². The monoisotopic (exact) mass is 392 g/mol. The van der Waals surface area contributed by atoms with Crippen molar-refractivity contribution in [1.29, 1.82) is 0 Å². The maximum absolute atomic E-state index is 11.7. The number of thioether (sulfide) groups is 1. The Kier molecular flexibility index (Phi) is 6.67. The van der Waals surface area contributed by atoms with Gasteiger partial charge in [-0.15, -0.1) is 11.8 Å². The number of hydrogen-bond acceptors (Lipinski definition) is 4. The molecule has 0 aliphatic heterocycles. The van der Waals surface area contributed by atoms with Crippen molar-refractivity contribution in [1.82, 2.24) is 5.43 Å². The second-order valence-corrected chi connectivity index (χ2v) is 6.50. The van der Waals surface area contributed by atoms with Gasteiger partial charge in [0.2, 0.25) is 0 Å². The van der Waals surface area contributed by atoms with Crippen molar-refractivity contribution >= 4 is 39.8 Å². The van der Waals surface area contributed by atoms with Crippen molar-refractivity contribution in [3.63, 3.8) is 0 Å². The van der Waals surface area contributed by atoms with Crippen molar-refractivity contribution in [2.45, 2.75) is 11.8 Å². The molecule has 23 heavy (non-hydrogen) atoms. The Balaban J connectivity index is 1.79. The van der Waals surface area contributed by atoms with Crippen LogP contribution in [0.15, 0.2) is 56.9 Å². The zero-order valence-corrected chi connectivity index (χ0v) is 15.3. The van der Waals surface area contributed by atoms with E-state index in [9.17, 15) is 4.79 Å². The Hall–Kier alpha value is -1.79. The summed E-state index contributed by atoms with van der Waals surface area (Å²) >= 11 is 5.10. The Morgan fingerprint density at radius 2 is 2.04 bits per heavy atom. The summed E-state index contributed by atoms with van der Waals surface area (Å²) in [5.74, 6) is 0.347. The van der Waals surface area contributed by atoms with Crippen molar-refractivity contribution in [2.24, 2.45) is 5.10 Å². The number of benzene rings is 2. The third-order valence-electron chi connectivity index (χ3n) is 3.02. The number of halogens is 1. The lowest BCUT2D eigenvalue weighted by Crippen LogP contribution is -2.24. The molecule has 2 rings (SSSR count). The molecule has 6 heteroatoms. The fourth-order valence-corrected chi connectivity index (χ4v) is 2.41. The Morgan fingerprint density at radius 3 is 2.70 bits per heavy atom. The lowest BCUT2D eigenvalue weighted by molar-refractivity contribution is -0.123. The highest BCUT2D eigenvalue weighted by atomic mass is 79.9. The van der Waals surface area contributed by atoms with E-state index >= 15 is 0 Å². The van der Waals surface area contributed by atoms with Gasteiger partial charge in [-0.05, 0) is 54.6 Å². The molecule has 0 aromatic heterocycles. The van der Waals surface area contributed by atoms with Crippen molar-refractivity contribution in [3.8, 4) is 5.75 Å². The molecule has 1 N–H and O–H groups in total. The maximum atomic E-state index is 11.7. The van der Waals surface area contributed by atoms with Crippen LogP contribution in [0.5, 0.6) is 5.75 Å². The van der Waals surface area contributed by atoms with Crippen LogP contribution in [0.4, 0.5) is 0 Å². The molecule has 0 bridgehead atoms. The Morgan fingerprint density at radius 1 is 1.30 bits per heavy atom. The molecule has 0 saturated heterocycles. The summed E-state index contributed by atoms with van der Waals surface area (Å²) in [6, 6.07) is 13.5. The van der Waals surface area contributed by atoms with Gasteiger partial charge in [0, 0.05) is 9.37 Å². The SMILES string of the molecule is CSc1ccc(/C=N/NC(=O)COc2ccc(Br)c(C)c2)cc1. The van der Waals surface area contributed by atoms with E-state index in [2.05, 4.69) is 26.5 Å². The molecule has 0 spiro atoms. The number of nitrogens with one attached hydrogen (secondary N) is 1. The molecule has 0 heterocycles. The fourth-order valence-electron chi connectivity index (χ4n) is 1.76. The number of rotatable bonds is 6. The lowest BCUT2D eigenvalue weighted by Gasteiger charge is -2.06.